The molecule has 2 amide bonds. The smallest absolute Gasteiger partial charge is 0.244 e. The molecule has 0 heterocycles. The first-order valence-corrected chi connectivity index (χ1v) is 14.5. The van der Waals surface area contributed by atoms with Crippen molar-refractivity contribution in [3.63, 3.8) is 0 Å². The average Bonchev–Trinajstić information content (AvgIpc) is 2.80. The van der Waals surface area contributed by atoms with Crippen LogP contribution in [0.5, 0.6) is 0 Å². The molecule has 0 saturated heterocycles. The molecule has 0 aliphatic rings. The second-order valence-corrected chi connectivity index (χ2v) is 11.8. The van der Waals surface area contributed by atoms with Crippen molar-refractivity contribution in [1.29, 1.82) is 0 Å². The van der Waals surface area contributed by atoms with Crippen LogP contribution in [0.1, 0.15) is 57.6 Å². The molecule has 0 bridgehead atoms. The standard InChI is InChI=1S/C26H35Cl2N3O4S/c1-6-7-14-29-26(33)19(4)30(16-20-12-13-21(27)15-23(20)28)25(32)17-31(36(5,34)35)24-11-9-8-10-22(24)18(2)3/h8-13,15,18-19H,6-7,14,16-17H2,1-5H3,(H,29,33)/t19-/m1/s1. The first-order valence-electron chi connectivity index (χ1n) is 11.9. The summed E-state index contributed by atoms with van der Waals surface area (Å²) in [6, 6.07) is 11.1. The lowest BCUT2D eigenvalue weighted by atomic mass is 10.0. The average molecular weight is 557 g/mol. The highest BCUT2D eigenvalue weighted by atomic mass is 35.5. The lowest BCUT2D eigenvalue weighted by Gasteiger charge is -2.32. The Kier molecular flexibility index (Phi) is 11.1. The molecule has 2 rings (SSSR count). The topological polar surface area (TPSA) is 86.8 Å². The number of amides is 2. The van der Waals surface area contributed by atoms with E-state index in [1.807, 2.05) is 32.9 Å². The Labute approximate surface area is 224 Å². The maximum absolute atomic E-state index is 13.7. The van der Waals surface area contributed by atoms with E-state index in [1.165, 1.54) is 4.90 Å². The Morgan fingerprint density at radius 1 is 1.06 bits per heavy atom. The van der Waals surface area contributed by atoms with Crippen molar-refractivity contribution in [3.05, 3.63) is 63.6 Å². The molecule has 7 nitrogen and oxygen atoms in total. The Morgan fingerprint density at radius 2 is 1.72 bits per heavy atom. The van der Waals surface area contributed by atoms with Crippen LogP contribution in [0, 0.1) is 0 Å². The van der Waals surface area contributed by atoms with Gasteiger partial charge in [0.25, 0.3) is 0 Å². The summed E-state index contributed by atoms with van der Waals surface area (Å²) in [6.45, 7) is 7.59. The maximum atomic E-state index is 13.7. The summed E-state index contributed by atoms with van der Waals surface area (Å²) in [7, 11) is -3.81. The molecule has 10 heteroatoms. The third-order valence-electron chi connectivity index (χ3n) is 5.86. The number of nitrogens with one attached hydrogen (secondary N) is 1. The molecule has 36 heavy (non-hydrogen) atoms. The number of unbranched alkanes of at least 4 members (excludes halogenated alkanes) is 1. The summed E-state index contributed by atoms with van der Waals surface area (Å²) in [5.74, 6) is -0.814. The number of carbonyl (C=O) groups is 2. The number of hydrogen-bond acceptors (Lipinski definition) is 4. The molecule has 0 unspecified atom stereocenters. The van der Waals surface area contributed by atoms with Gasteiger partial charge in [0.05, 0.1) is 11.9 Å². The van der Waals surface area contributed by atoms with Crippen molar-refractivity contribution in [3.8, 4) is 0 Å². The molecule has 0 spiro atoms. The lowest BCUT2D eigenvalue weighted by molar-refractivity contribution is -0.139. The SMILES string of the molecule is CCCCNC(=O)[C@@H](C)N(Cc1ccc(Cl)cc1Cl)C(=O)CN(c1ccccc1C(C)C)S(C)(=O)=O. The molecule has 1 N–H and O–H groups in total. The zero-order valence-corrected chi connectivity index (χ0v) is 23.8. The van der Waals surface area contributed by atoms with E-state index in [4.69, 9.17) is 23.2 Å². The van der Waals surface area contributed by atoms with E-state index < -0.39 is 28.5 Å². The maximum Gasteiger partial charge on any atom is 0.244 e. The minimum absolute atomic E-state index is 0.0145. The fraction of sp³-hybridized carbons (Fsp3) is 0.462. The number of halogens is 2. The number of rotatable bonds is 12. The number of carbonyl (C=O) groups excluding carboxylic acids is 2. The number of hydrogen-bond donors (Lipinski definition) is 1. The summed E-state index contributed by atoms with van der Waals surface area (Å²) in [5, 5.41) is 3.64. The highest BCUT2D eigenvalue weighted by molar-refractivity contribution is 7.92. The van der Waals surface area contributed by atoms with E-state index in [1.54, 1.807) is 37.3 Å². The van der Waals surface area contributed by atoms with Crippen LogP contribution >= 0.6 is 23.2 Å². The Hall–Kier alpha value is -2.29. The lowest BCUT2D eigenvalue weighted by Crippen LogP contribution is -2.51. The van der Waals surface area contributed by atoms with E-state index in [0.29, 0.717) is 27.8 Å². The van der Waals surface area contributed by atoms with Gasteiger partial charge in [0, 0.05) is 23.1 Å². The Morgan fingerprint density at radius 3 is 2.31 bits per heavy atom. The zero-order chi connectivity index (χ0) is 27.0. The summed E-state index contributed by atoms with van der Waals surface area (Å²) < 4.78 is 26.8. The largest absolute Gasteiger partial charge is 0.354 e. The molecule has 0 fully saturated rings. The first-order chi connectivity index (χ1) is 16.9. The van der Waals surface area contributed by atoms with Crippen molar-refractivity contribution >= 4 is 50.7 Å². The van der Waals surface area contributed by atoms with Crippen molar-refractivity contribution in [1.82, 2.24) is 10.2 Å². The highest BCUT2D eigenvalue weighted by Gasteiger charge is 2.31. The molecular weight excluding hydrogens is 521 g/mol. The summed E-state index contributed by atoms with van der Waals surface area (Å²) in [6.07, 6.45) is 2.79. The molecule has 0 aliphatic heterocycles. The number of para-hydroxylation sites is 1. The predicted octanol–water partition coefficient (Wildman–Crippen LogP) is 5.22. The molecule has 2 aromatic carbocycles. The van der Waals surface area contributed by atoms with E-state index in [9.17, 15) is 18.0 Å². The van der Waals surface area contributed by atoms with Crippen molar-refractivity contribution in [2.75, 3.05) is 23.7 Å². The van der Waals surface area contributed by atoms with E-state index in [2.05, 4.69) is 5.32 Å². The van der Waals surface area contributed by atoms with Crippen LogP contribution in [-0.2, 0) is 26.2 Å². The molecule has 1 atom stereocenters. The van der Waals surface area contributed by atoms with E-state index in [-0.39, 0.29) is 18.4 Å². The predicted molar refractivity (Wildman–Crippen MR) is 147 cm³/mol. The molecule has 0 aromatic heterocycles. The van der Waals surface area contributed by atoms with Crippen molar-refractivity contribution in [2.45, 2.75) is 59.0 Å². The second kappa shape index (κ2) is 13.3. The van der Waals surface area contributed by atoms with E-state index in [0.717, 1.165) is 29.0 Å². The van der Waals surface area contributed by atoms with Crippen molar-refractivity contribution < 1.29 is 18.0 Å². The first kappa shape index (κ1) is 29.9. The monoisotopic (exact) mass is 555 g/mol. The van der Waals surface area contributed by atoms with Crippen LogP contribution in [0.3, 0.4) is 0 Å². The van der Waals surface area contributed by atoms with Gasteiger partial charge in [-0.25, -0.2) is 8.42 Å². The third kappa shape index (κ3) is 8.11. The van der Waals surface area contributed by atoms with Crippen LogP contribution in [-0.4, -0.2) is 50.5 Å². The Bertz CT molecular complexity index is 1170. The molecule has 198 valence electrons. The molecule has 0 saturated carbocycles. The fourth-order valence-corrected chi connectivity index (χ4v) is 5.09. The van der Waals surface area contributed by atoms with Gasteiger partial charge in [-0.2, -0.15) is 0 Å². The van der Waals surface area contributed by atoms with Crippen LogP contribution in [0.4, 0.5) is 5.69 Å². The van der Waals surface area contributed by atoms with Crippen molar-refractivity contribution in [2.24, 2.45) is 0 Å². The van der Waals surface area contributed by atoms with Gasteiger partial charge in [0.2, 0.25) is 21.8 Å². The van der Waals surface area contributed by atoms with Gasteiger partial charge in [-0.3, -0.25) is 13.9 Å². The zero-order valence-electron chi connectivity index (χ0n) is 21.4. The summed E-state index contributed by atoms with van der Waals surface area (Å²) in [5.41, 5.74) is 1.83. The van der Waals surface area contributed by atoms with Crippen LogP contribution < -0.4 is 9.62 Å². The molecular formula is C26H35Cl2N3O4S. The number of anilines is 1. The number of benzene rings is 2. The van der Waals surface area contributed by atoms with Crippen LogP contribution in [0.15, 0.2) is 42.5 Å². The minimum atomic E-state index is -3.81. The minimum Gasteiger partial charge on any atom is -0.354 e. The van der Waals surface area contributed by atoms with Gasteiger partial charge in [-0.05, 0) is 48.6 Å². The normalized spacial score (nSPS) is 12.3. The van der Waals surface area contributed by atoms with Gasteiger partial charge < -0.3 is 10.2 Å². The van der Waals surface area contributed by atoms with Gasteiger partial charge in [0.1, 0.15) is 12.6 Å². The third-order valence-corrected chi connectivity index (χ3v) is 7.57. The van der Waals surface area contributed by atoms with Crippen LogP contribution in [0.25, 0.3) is 0 Å². The summed E-state index contributed by atoms with van der Waals surface area (Å²) in [4.78, 5) is 27.9. The van der Waals surface area contributed by atoms with Gasteiger partial charge >= 0.3 is 0 Å². The molecule has 2 aromatic rings. The van der Waals surface area contributed by atoms with E-state index >= 15 is 0 Å². The van der Waals surface area contributed by atoms with Gasteiger partial charge in [0.15, 0.2) is 0 Å². The molecule has 0 radical (unpaired) electrons. The summed E-state index contributed by atoms with van der Waals surface area (Å²) >= 11 is 12.4. The second-order valence-electron chi connectivity index (χ2n) is 9.06. The van der Waals surface area contributed by atoms with Gasteiger partial charge in [-0.1, -0.05) is 74.7 Å². The fourth-order valence-electron chi connectivity index (χ4n) is 3.75. The Balaban J connectivity index is 2.45. The number of sulfonamides is 1. The van der Waals surface area contributed by atoms with Crippen LogP contribution in [0.2, 0.25) is 10.0 Å². The van der Waals surface area contributed by atoms with Gasteiger partial charge in [-0.15, -0.1) is 0 Å². The quantitative estimate of drug-likeness (QED) is 0.364. The molecule has 0 aliphatic carbocycles. The number of nitrogens with zero attached hydrogens (tertiary/aromatic N) is 2. The highest BCUT2D eigenvalue weighted by Crippen LogP contribution is 2.29.